The zero-order valence-corrected chi connectivity index (χ0v) is 5.65. The summed E-state index contributed by atoms with van der Waals surface area (Å²) in [6, 6.07) is 0. The lowest BCUT2D eigenvalue weighted by molar-refractivity contribution is -0.803. The second-order valence-corrected chi connectivity index (χ2v) is 1.69. The molecule has 1 aromatic rings. The van der Waals surface area contributed by atoms with Crippen LogP contribution in [0.2, 0.25) is 0 Å². The van der Waals surface area contributed by atoms with Crippen molar-refractivity contribution in [2.24, 2.45) is 10.3 Å². The topological polar surface area (TPSA) is 118 Å². The quantitative estimate of drug-likeness (QED) is 0.254. The molecule has 12 heavy (non-hydrogen) atoms. The molecule has 1 aromatic heterocycles. The van der Waals surface area contributed by atoms with Crippen LogP contribution in [0, 0.1) is 5.21 Å². The third-order valence-electron chi connectivity index (χ3n) is 1.03. The van der Waals surface area contributed by atoms with Crippen molar-refractivity contribution >= 4 is 12.4 Å². The van der Waals surface area contributed by atoms with Crippen LogP contribution in [0.1, 0.15) is 11.4 Å². The first-order valence-electron chi connectivity index (χ1n) is 2.74. The van der Waals surface area contributed by atoms with Gasteiger partial charge >= 0.3 is 0 Å². The molecule has 0 saturated carbocycles. The average molecular weight is 172 g/mol. The van der Waals surface area contributed by atoms with Gasteiger partial charge in [0.1, 0.15) is 12.4 Å². The Labute approximate surface area is 65.5 Å². The molecule has 0 fully saturated rings. The Balaban J connectivity index is 3.12. The van der Waals surface area contributed by atoms with Crippen molar-refractivity contribution in [3.8, 4) is 0 Å². The third-order valence-corrected chi connectivity index (χ3v) is 1.03. The first-order valence-corrected chi connectivity index (χ1v) is 2.74. The monoisotopic (exact) mass is 172 g/mol. The first-order chi connectivity index (χ1) is 5.79. The Morgan fingerprint density at radius 3 is 2.67 bits per heavy atom. The van der Waals surface area contributed by atoms with Crippen LogP contribution in [0.25, 0.3) is 0 Å². The van der Waals surface area contributed by atoms with Gasteiger partial charge in [-0.25, -0.2) is 0 Å². The normalized spacial score (nSPS) is 11.7. The Morgan fingerprint density at radius 1 is 1.42 bits per heavy atom. The minimum absolute atomic E-state index is 0.0106. The molecule has 1 rings (SSSR count). The highest BCUT2D eigenvalue weighted by Crippen LogP contribution is 1.93. The molecule has 0 aliphatic heterocycles. The fraction of sp³-hybridized carbons (Fsp3) is 0. The minimum atomic E-state index is -0.157. The molecule has 0 aromatic carbocycles. The average Bonchev–Trinajstić information content (AvgIpc) is 2.37. The number of hydrogen-bond donors (Lipinski definition) is 2. The van der Waals surface area contributed by atoms with E-state index in [1.165, 1.54) is 0 Å². The Morgan fingerprint density at radius 2 is 2.08 bits per heavy atom. The number of nitrogens with zero attached hydrogens (tertiary/aromatic N) is 4. The maximum Gasteiger partial charge on any atom is 0.271 e. The van der Waals surface area contributed by atoms with Crippen LogP contribution < -0.4 is 4.90 Å². The lowest BCUT2D eigenvalue weighted by atomic mass is 10.3. The number of aromatic nitrogens is 2. The molecular weight excluding hydrogens is 168 g/mol. The summed E-state index contributed by atoms with van der Waals surface area (Å²) in [6.07, 6.45) is 1.68. The van der Waals surface area contributed by atoms with Gasteiger partial charge < -0.3 is 15.6 Å². The van der Waals surface area contributed by atoms with Gasteiger partial charge in [-0.1, -0.05) is 10.3 Å². The molecule has 8 heteroatoms. The van der Waals surface area contributed by atoms with Crippen molar-refractivity contribution in [3.63, 3.8) is 0 Å². The maximum atomic E-state index is 10.6. The van der Waals surface area contributed by atoms with Crippen LogP contribution >= 0.6 is 0 Å². The Bertz CT molecular complexity index is 317. The van der Waals surface area contributed by atoms with Gasteiger partial charge in [-0.3, -0.25) is 4.63 Å². The van der Waals surface area contributed by atoms with Gasteiger partial charge in [-0.05, 0) is 4.90 Å². The lowest BCUT2D eigenvalue weighted by Crippen LogP contribution is -2.28. The van der Waals surface area contributed by atoms with E-state index in [0.717, 1.165) is 12.4 Å². The van der Waals surface area contributed by atoms with E-state index < -0.39 is 0 Å². The van der Waals surface area contributed by atoms with E-state index in [9.17, 15) is 5.21 Å². The summed E-state index contributed by atoms with van der Waals surface area (Å²) in [5, 5.41) is 35.2. The van der Waals surface area contributed by atoms with E-state index in [-0.39, 0.29) is 16.3 Å². The molecule has 0 saturated heterocycles. The van der Waals surface area contributed by atoms with Crippen LogP contribution in [0.4, 0.5) is 0 Å². The molecule has 0 aliphatic rings. The van der Waals surface area contributed by atoms with Crippen LogP contribution in [-0.2, 0) is 0 Å². The third kappa shape index (κ3) is 1.31. The van der Waals surface area contributed by atoms with Crippen molar-refractivity contribution in [2.45, 2.75) is 0 Å². The van der Waals surface area contributed by atoms with Crippen LogP contribution in [-0.4, -0.2) is 28.0 Å². The molecule has 8 nitrogen and oxygen atoms in total. The zero-order valence-electron chi connectivity index (χ0n) is 5.65. The van der Waals surface area contributed by atoms with E-state index in [4.69, 9.17) is 10.4 Å². The van der Waals surface area contributed by atoms with Gasteiger partial charge in [0.25, 0.3) is 5.69 Å². The van der Waals surface area contributed by atoms with E-state index in [1.54, 1.807) is 0 Å². The molecule has 0 bridgehead atoms. The van der Waals surface area contributed by atoms with Crippen molar-refractivity contribution in [3.05, 3.63) is 16.6 Å². The smallest absolute Gasteiger partial charge is 0.271 e. The predicted octanol–water partition coefficient (Wildman–Crippen LogP) is -1.08. The van der Waals surface area contributed by atoms with E-state index >= 15 is 0 Å². The van der Waals surface area contributed by atoms with Crippen LogP contribution in [0.15, 0.2) is 14.9 Å². The van der Waals surface area contributed by atoms with E-state index in [1.807, 2.05) is 0 Å². The van der Waals surface area contributed by atoms with Gasteiger partial charge in [0.15, 0.2) is 0 Å². The molecule has 0 atom stereocenters. The van der Waals surface area contributed by atoms with Crippen molar-refractivity contribution < 1.29 is 19.9 Å². The molecule has 0 amide bonds. The number of oxime groups is 2. The fourth-order valence-corrected chi connectivity index (χ4v) is 0.578. The zero-order chi connectivity index (χ0) is 8.97. The summed E-state index contributed by atoms with van der Waals surface area (Å²) < 4.78 is 4.11. The molecule has 64 valence electrons. The number of rotatable bonds is 2. The second-order valence-electron chi connectivity index (χ2n) is 1.69. The Hall–Kier alpha value is -2.12. The maximum absolute atomic E-state index is 10.6. The predicted molar refractivity (Wildman–Crippen MR) is 34.2 cm³/mol. The highest BCUT2D eigenvalue weighted by Gasteiger charge is 2.14. The Kier molecular flexibility index (Phi) is 2.21. The van der Waals surface area contributed by atoms with Gasteiger partial charge in [-0.2, -0.15) is 0 Å². The molecule has 2 N–H and O–H groups in total. The molecule has 0 aliphatic carbocycles. The molecular formula is C4H4N4O4. The van der Waals surface area contributed by atoms with Crippen molar-refractivity contribution in [2.75, 3.05) is 0 Å². The molecule has 0 spiro atoms. The van der Waals surface area contributed by atoms with Gasteiger partial charge in [-0.15, -0.1) is 0 Å². The summed E-state index contributed by atoms with van der Waals surface area (Å²) >= 11 is 0. The minimum Gasteiger partial charge on any atom is -0.411 e. The van der Waals surface area contributed by atoms with Crippen LogP contribution in [0.5, 0.6) is 0 Å². The van der Waals surface area contributed by atoms with Gasteiger partial charge in [0.2, 0.25) is 5.69 Å². The molecule has 1 heterocycles. The summed E-state index contributed by atoms with van der Waals surface area (Å²) in [4.78, 5) is 0.0106. The lowest BCUT2D eigenvalue weighted by Gasteiger charge is -1.84. The van der Waals surface area contributed by atoms with Crippen LogP contribution in [0.3, 0.4) is 0 Å². The molecule has 0 unspecified atom stereocenters. The largest absolute Gasteiger partial charge is 0.411 e. The highest BCUT2D eigenvalue weighted by molar-refractivity contribution is 5.88. The summed E-state index contributed by atoms with van der Waals surface area (Å²) in [5.74, 6) is 0. The summed E-state index contributed by atoms with van der Waals surface area (Å²) in [7, 11) is 0. The van der Waals surface area contributed by atoms with Gasteiger partial charge in [0.05, 0.1) is 0 Å². The van der Waals surface area contributed by atoms with Gasteiger partial charge in [0, 0.05) is 5.16 Å². The standard InChI is InChI=1S/C4H4N4O4/c9-5-1-3-4(2-6-10)8(11)12-7-3/h1-2,9-10H. The van der Waals surface area contributed by atoms with E-state index in [2.05, 4.69) is 20.1 Å². The second kappa shape index (κ2) is 3.32. The van der Waals surface area contributed by atoms with Crippen molar-refractivity contribution in [1.82, 2.24) is 5.16 Å². The fourth-order valence-electron chi connectivity index (χ4n) is 0.578. The first kappa shape index (κ1) is 7.98. The SMILES string of the molecule is [O-][n+]1onc(C=NO)c1C=NO. The van der Waals surface area contributed by atoms with Crippen molar-refractivity contribution in [1.29, 1.82) is 0 Å². The summed E-state index contributed by atoms with van der Waals surface area (Å²) in [5.41, 5.74) is -0.194. The number of hydrogen-bond acceptors (Lipinski definition) is 7. The molecule has 0 radical (unpaired) electrons. The van der Waals surface area contributed by atoms with E-state index in [0.29, 0.717) is 0 Å². The summed E-state index contributed by atoms with van der Waals surface area (Å²) in [6.45, 7) is 0. The highest BCUT2D eigenvalue weighted by atomic mass is 16.8.